The number of aliphatic hydroxyl groups excluding tert-OH is 1. The van der Waals surface area contributed by atoms with Crippen molar-refractivity contribution in [2.75, 3.05) is 38.2 Å². The van der Waals surface area contributed by atoms with Gasteiger partial charge in [-0.3, -0.25) is 9.21 Å². The molecule has 0 unspecified atom stereocenters. The van der Waals surface area contributed by atoms with Crippen LogP contribution in [0.25, 0.3) is 6.08 Å². The summed E-state index contributed by atoms with van der Waals surface area (Å²) < 4.78 is 33.3. The number of aryl methyl sites for hydroxylation is 1. The predicted octanol–water partition coefficient (Wildman–Crippen LogP) is 4.34. The van der Waals surface area contributed by atoms with E-state index < -0.39 is 10.0 Å². The highest BCUT2D eigenvalue weighted by atomic mass is 32.2. The Hall–Kier alpha value is -3.13. The lowest BCUT2D eigenvalue weighted by molar-refractivity contribution is 0.306. The average Bonchev–Trinajstić information content (AvgIpc) is 2.84. The first-order chi connectivity index (χ1) is 16.3. The van der Waals surface area contributed by atoms with Crippen LogP contribution < -0.4 is 9.04 Å². The Bertz CT molecular complexity index is 1190. The number of para-hydroxylation sites is 1. The lowest BCUT2D eigenvalue weighted by Crippen LogP contribution is -2.35. The number of aliphatic hydroxyl groups is 1. The Labute approximate surface area is 202 Å². The Kier molecular flexibility index (Phi) is 8.87. The number of hydrogen-bond acceptors (Lipinski definition) is 5. The normalized spacial score (nSPS) is 11.8. The summed E-state index contributed by atoms with van der Waals surface area (Å²) in [6.45, 7) is 2.98. The van der Waals surface area contributed by atoms with Crippen LogP contribution in [0.2, 0.25) is 0 Å². The first kappa shape index (κ1) is 25.5. The van der Waals surface area contributed by atoms with E-state index in [1.807, 2.05) is 25.2 Å². The van der Waals surface area contributed by atoms with Crippen LogP contribution in [0.5, 0.6) is 5.75 Å². The molecule has 3 aromatic rings. The SMILES string of the molecule is COc1ccc(S(=O)(=O)N(CCO)c2ccccc2CN(C)C/C=C/c2ccc(C)cc2)cc1. The molecule has 6 nitrogen and oxygen atoms in total. The molecule has 0 aliphatic carbocycles. The third-order valence-electron chi connectivity index (χ3n) is 5.46. The maximum absolute atomic E-state index is 13.5. The number of nitrogens with zero attached hydrogens (tertiary/aromatic N) is 2. The number of likely N-dealkylation sites (N-methyl/N-ethyl adjacent to an activating group) is 1. The zero-order valence-electron chi connectivity index (χ0n) is 19.9. The Morgan fingerprint density at radius 3 is 2.29 bits per heavy atom. The van der Waals surface area contributed by atoms with E-state index in [1.165, 1.54) is 29.1 Å². The number of rotatable bonds is 11. The van der Waals surface area contributed by atoms with Crippen molar-refractivity contribution in [3.05, 3.63) is 95.6 Å². The van der Waals surface area contributed by atoms with Crippen LogP contribution in [0.15, 0.2) is 83.8 Å². The molecule has 0 fully saturated rings. The largest absolute Gasteiger partial charge is 0.497 e. The van der Waals surface area contributed by atoms with Gasteiger partial charge in [0.15, 0.2) is 0 Å². The number of hydrogen-bond donors (Lipinski definition) is 1. The van der Waals surface area contributed by atoms with Crippen molar-refractivity contribution < 1.29 is 18.3 Å². The van der Waals surface area contributed by atoms with Crippen LogP contribution >= 0.6 is 0 Å². The molecule has 0 aliphatic rings. The molecule has 1 N–H and O–H groups in total. The van der Waals surface area contributed by atoms with Gasteiger partial charge >= 0.3 is 0 Å². The Morgan fingerprint density at radius 1 is 0.971 bits per heavy atom. The molecular weight excluding hydrogens is 448 g/mol. The number of sulfonamides is 1. The van der Waals surface area contributed by atoms with Crippen LogP contribution in [0.1, 0.15) is 16.7 Å². The smallest absolute Gasteiger partial charge is 0.264 e. The molecular formula is C27H32N2O4S. The van der Waals surface area contributed by atoms with Crippen LogP contribution in [0.3, 0.4) is 0 Å². The summed E-state index contributed by atoms with van der Waals surface area (Å²) in [7, 11) is -0.348. The molecule has 0 spiro atoms. The number of anilines is 1. The van der Waals surface area contributed by atoms with E-state index in [1.54, 1.807) is 18.2 Å². The molecule has 0 saturated carbocycles. The van der Waals surface area contributed by atoms with Crippen molar-refractivity contribution in [3.8, 4) is 5.75 Å². The molecule has 3 aromatic carbocycles. The topological polar surface area (TPSA) is 70.1 Å². The van der Waals surface area contributed by atoms with Gasteiger partial charge in [-0.25, -0.2) is 8.42 Å². The summed E-state index contributed by atoms with van der Waals surface area (Å²) in [5.74, 6) is 0.577. The third kappa shape index (κ3) is 6.47. The van der Waals surface area contributed by atoms with Gasteiger partial charge in [-0.1, -0.05) is 60.2 Å². The molecule has 0 saturated heterocycles. The first-order valence-electron chi connectivity index (χ1n) is 11.1. The van der Waals surface area contributed by atoms with Crippen molar-refractivity contribution in [2.45, 2.75) is 18.4 Å². The summed E-state index contributed by atoms with van der Waals surface area (Å²) in [6, 6.07) is 22.0. The fourth-order valence-electron chi connectivity index (χ4n) is 3.63. The fourth-order valence-corrected chi connectivity index (χ4v) is 5.12. The van der Waals surface area contributed by atoms with Crippen LogP contribution in [0, 0.1) is 6.92 Å². The van der Waals surface area contributed by atoms with Crippen LogP contribution in [-0.4, -0.2) is 52.3 Å². The van der Waals surface area contributed by atoms with E-state index in [0.717, 1.165) is 11.1 Å². The van der Waals surface area contributed by atoms with Crippen molar-refractivity contribution in [1.82, 2.24) is 4.90 Å². The van der Waals surface area contributed by atoms with E-state index in [9.17, 15) is 13.5 Å². The molecule has 180 valence electrons. The molecule has 0 amide bonds. The monoisotopic (exact) mass is 480 g/mol. The number of methoxy groups -OCH3 is 1. The predicted molar refractivity (Wildman–Crippen MR) is 138 cm³/mol. The van der Waals surface area contributed by atoms with E-state index >= 15 is 0 Å². The van der Waals surface area contributed by atoms with Crippen molar-refractivity contribution in [2.24, 2.45) is 0 Å². The first-order valence-corrected chi connectivity index (χ1v) is 12.6. The highest BCUT2D eigenvalue weighted by Crippen LogP contribution is 2.28. The Morgan fingerprint density at radius 2 is 1.65 bits per heavy atom. The second kappa shape index (κ2) is 11.8. The second-order valence-corrected chi connectivity index (χ2v) is 9.98. The minimum absolute atomic E-state index is 0.0393. The second-order valence-electron chi connectivity index (χ2n) is 8.11. The van der Waals surface area contributed by atoms with E-state index in [2.05, 4.69) is 48.2 Å². The van der Waals surface area contributed by atoms with Crippen LogP contribution in [-0.2, 0) is 16.6 Å². The number of benzene rings is 3. The molecule has 0 aliphatic heterocycles. The highest BCUT2D eigenvalue weighted by molar-refractivity contribution is 7.92. The van der Waals surface area contributed by atoms with Gasteiger partial charge in [0.1, 0.15) is 5.75 Å². The minimum Gasteiger partial charge on any atom is -0.497 e. The molecule has 0 atom stereocenters. The van der Waals surface area contributed by atoms with Gasteiger partial charge in [0, 0.05) is 13.1 Å². The zero-order chi connectivity index (χ0) is 24.6. The fraction of sp³-hybridized carbons (Fsp3) is 0.259. The van der Waals surface area contributed by atoms with E-state index in [4.69, 9.17) is 4.74 Å². The van der Waals surface area contributed by atoms with Gasteiger partial charge in [-0.05, 0) is 55.4 Å². The van der Waals surface area contributed by atoms with Crippen molar-refractivity contribution in [1.29, 1.82) is 0 Å². The molecule has 34 heavy (non-hydrogen) atoms. The molecule has 0 bridgehead atoms. The average molecular weight is 481 g/mol. The molecule has 0 heterocycles. The molecule has 0 aromatic heterocycles. The zero-order valence-corrected chi connectivity index (χ0v) is 20.7. The van der Waals surface area contributed by atoms with E-state index in [-0.39, 0.29) is 18.0 Å². The summed E-state index contributed by atoms with van der Waals surface area (Å²) in [5.41, 5.74) is 3.78. The number of ether oxygens (including phenoxy) is 1. The van der Waals surface area contributed by atoms with Gasteiger partial charge < -0.3 is 9.84 Å². The molecule has 0 radical (unpaired) electrons. The maximum Gasteiger partial charge on any atom is 0.264 e. The van der Waals surface area contributed by atoms with Gasteiger partial charge in [-0.15, -0.1) is 0 Å². The van der Waals surface area contributed by atoms with Gasteiger partial charge in [0.05, 0.1) is 30.8 Å². The summed E-state index contributed by atoms with van der Waals surface area (Å²) >= 11 is 0. The quantitative estimate of drug-likeness (QED) is 0.442. The lowest BCUT2D eigenvalue weighted by Gasteiger charge is -2.27. The minimum atomic E-state index is -3.87. The summed E-state index contributed by atoms with van der Waals surface area (Å²) in [4.78, 5) is 2.26. The van der Waals surface area contributed by atoms with Gasteiger partial charge in [0.2, 0.25) is 0 Å². The van der Waals surface area contributed by atoms with Crippen LogP contribution in [0.4, 0.5) is 5.69 Å². The molecule has 7 heteroatoms. The van der Waals surface area contributed by atoms with Crippen molar-refractivity contribution in [3.63, 3.8) is 0 Å². The van der Waals surface area contributed by atoms with E-state index in [0.29, 0.717) is 24.5 Å². The Balaban J connectivity index is 1.80. The lowest BCUT2D eigenvalue weighted by atomic mass is 10.1. The summed E-state index contributed by atoms with van der Waals surface area (Å²) in [5, 5.41) is 9.66. The van der Waals surface area contributed by atoms with Gasteiger partial charge in [0.25, 0.3) is 10.0 Å². The molecule has 3 rings (SSSR count). The summed E-state index contributed by atoms with van der Waals surface area (Å²) in [6.07, 6.45) is 4.17. The highest BCUT2D eigenvalue weighted by Gasteiger charge is 2.26. The van der Waals surface area contributed by atoms with Gasteiger partial charge in [-0.2, -0.15) is 0 Å². The maximum atomic E-state index is 13.5. The van der Waals surface area contributed by atoms with Crippen molar-refractivity contribution >= 4 is 21.8 Å². The third-order valence-corrected chi connectivity index (χ3v) is 7.28. The standard InChI is InChI=1S/C27H32N2O4S/c1-22-10-12-23(13-11-22)7-6-18-28(2)21-24-8-4-5-9-27(24)29(19-20-30)34(31,32)26-16-14-25(33-3)15-17-26/h4-17,30H,18-21H2,1-3H3/b7-6+.